The van der Waals surface area contributed by atoms with E-state index in [1.54, 1.807) is 0 Å². The van der Waals surface area contributed by atoms with E-state index in [1.807, 2.05) is 60.7 Å². The Bertz CT molecular complexity index is 471. The Kier molecular flexibility index (Phi) is 3.68. The van der Waals surface area contributed by atoms with Gasteiger partial charge in [-0.15, -0.1) is 0 Å². The van der Waals surface area contributed by atoms with Crippen LogP contribution in [-0.4, -0.2) is 0 Å². The molecule has 0 aliphatic rings. The van der Waals surface area contributed by atoms with Crippen LogP contribution < -0.4 is 22.9 Å². The Hall–Kier alpha value is -1.72. The van der Waals surface area contributed by atoms with Crippen LogP contribution in [0, 0.1) is 0 Å². The van der Waals surface area contributed by atoms with Crippen molar-refractivity contribution in [1.29, 1.82) is 0 Å². The molecule has 0 unspecified atom stereocenters. The van der Waals surface area contributed by atoms with Gasteiger partial charge in [-0.2, -0.15) is 0 Å². The summed E-state index contributed by atoms with van der Waals surface area (Å²) < 4.78 is 0. The second-order valence-corrected chi connectivity index (χ2v) is 4.99. The number of nitrogens with two attached hydrogens (primary N) is 4. The van der Waals surface area contributed by atoms with Crippen LogP contribution in [-0.2, 0) is 11.3 Å². The maximum Gasteiger partial charge on any atom is 0.0933 e. The first-order chi connectivity index (χ1) is 8.92. The van der Waals surface area contributed by atoms with E-state index in [9.17, 15) is 0 Å². The smallest absolute Gasteiger partial charge is 0.0933 e. The Morgan fingerprint density at radius 3 is 1.21 bits per heavy atom. The SMILES string of the molecule is NC(N)(CC(N)(N)c1ccccc1)c1ccccc1. The van der Waals surface area contributed by atoms with E-state index in [0.717, 1.165) is 11.1 Å². The van der Waals surface area contributed by atoms with Crippen LogP contribution in [0.2, 0.25) is 0 Å². The lowest BCUT2D eigenvalue weighted by atomic mass is 9.87. The summed E-state index contributed by atoms with van der Waals surface area (Å²) in [6.07, 6.45) is 0.244. The van der Waals surface area contributed by atoms with E-state index < -0.39 is 11.3 Å². The molecule has 0 saturated heterocycles. The summed E-state index contributed by atoms with van der Waals surface area (Å²) in [5, 5.41) is 0. The van der Waals surface area contributed by atoms with E-state index in [1.165, 1.54) is 0 Å². The summed E-state index contributed by atoms with van der Waals surface area (Å²) in [6.45, 7) is 0. The van der Waals surface area contributed by atoms with Crippen molar-refractivity contribution < 1.29 is 0 Å². The molecule has 0 aliphatic carbocycles. The molecule has 0 aliphatic heterocycles. The Labute approximate surface area is 113 Å². The maximum absolute atomic E-state index is 6.18. The number of benzene rings is 2. The average molecular weight is 256 g/mol. The fourth-order valence-corrected chi connectivity index (χ4v) is 2.19. The van der Waals surface area contributed by atoms with Crippen LogP contribution in [0.15, 0.2) is 60.7 Å². The Balaban J connectivity index is 2.25. The normalized spacial score (nSPS) is 12.4. The fourth-order valence-electron chi connectivity index (χ4n) is 2.19. The van der Waals surface area contributed by atoms with Gasteiger partial charge in [0.2, 0.25) is 0 Å². The first-order valence-corrected chi connectivity index (χ1v) is 6.18. The molecule has 0 bridgehead atoms. The van der Waals surface area contributed by atoms with E-state index in [2.05, 4.69) is 0 Å². The summed E-state index contributed by atoms with van der Waals surface area (Å²) in [6, 6.07) is 18.9. The summed E-state index contributed by atoms with van der Waals surface area (Å²) in [7, 11) is 0. The molecular formula is C15H20N4. The molecule has 0 saturated carbocycles. The van der Waals surface area contributed by atoms with Crippen molar-refractivity contribution in [3.05, 3.63) is 71.8 Å². The quantitative estimate of drug-likeness (QED) is 0.610. The molecule has 4 heteroatoms. The maximum atomic E-state index is 6.18. The molecule has 2 rings (SSSR count). The topological polar surface area (TPSA) is 104 Å². The fraction of sp³-hybridized carbons (Fsp3) is 0.200. The molecule has 0 amide bonds. The molecule has 8 N–H and O–H groups in total. The lowest BCUT2D eigenvalue weighted by Gasteiger charge is -2.35. The van der Waals surface area contributed by atoms with Crippen LogP contribution >= 0.6 is 0 Å². The van der Waals surface area contributed by atoms with Gasteiger partial charge >= 0.3 is 0 Å². The zero-order chi connectivity index (χ0) is 13.9. The molecule has 100 valence electrons. The third kappa shape index (κ3) is 3.19. The predicted molar refractivity (Wildman–Crippen MR) is 77.6 cm³/mol. The lowest BCUT2D eigenvalue weighted by molar-refractivity contribution is 0.293. The molecule has 0 spiro atoms. The van der Waals surface area contributed by atoms with Crippen molar-refractivity contribution in [2.45, 2.75) is 17.7 Å². The van der Waals surface area contributed by atoms with Gasteiger partial charge in [0.15, 0.2) is 0 Å². The first kappa shape index (κ1) is 13.7. The van der Waals surface area contributed by atoms with E-state index in [-0.39, 0.29) is 6.42 Å². The average Bonchev–Trinajstić information content (AvgIpc) is 2.40. The van der Waals surface area contributed by atoms with Crippen molar-refractivity contribution in [3.8, 4) is 0 Å². The Morgan fingerprint density at radius 2 is 0.895 bits per heavy atom. The summed E-state index contributed by atoms with van der Waals surface area (Å²) in [4.78, 5) is 0. The summed E-state index contributed by atoms with van der Waals surface area (Å²) >= 11 is 0. The number of hydrogen-bond acceptors (Lipinski definition) is 4. The van der Waals surface area contributed by atoms with Gasteiger partial charge in [0.1, 0.15) is 0 Å². The van der Waals surface area contributed by atoms with E-state index in [0.29, 0.717) is 0 Å². The third-order valence-electron chi connectivity index (χ3n) is 3.21. The zero-order valence-electron chi connectivity index (χ0n) is 10.8. The molecular weight excluding hydrogens is 236 g/mol. The predicted octanol–water partition coefficient (Wildman–Crippen LogP) is 0.917. The van der Waals surface area contributed by atoms with E-state index >= 15 is 0 Å². The van der Waals surface area contributed by atoms with Crippen molar-refractivity contribution >= 4 is 0 Å². The van der Waals surface area contributed by atoms with Crippen LogP contribution in [0.1, 0.15) is 17.5 Å². The molecule has 0 aromatic heterocycles. The standard InChI is InChI=1S/C15H20N4/c16-14(17,12-7-3-1-4-8-12)11-15(18,19)13-9-5-2-6-10-13/h1-10H,11,16-19H2. The van der Waals surface area contributed by atoms with Crippen molar-refractivity contribution in [2.24, 2.45) is 22.9 Å². The largest absolute Gasteiger partial charge is 0.310 e. The van der Waals surface area contributed by atoms with Gasteiger partial charge in [0, 0.05) is 6.42 Å². The van der Waals surface area contributed by atoms with Gasteiger partial charge in [0.25, 0.3) is 0 Å². The molecule has 0 fully saturated rings. The lowest BCUT2D eigenvalue weighted by Crippen LogP contribution is -2.58. The first-order valence-electron chi connectivity index (χ1n) is 6.18. The molecule has 0 heterocycles. The van der Waals surface area contributed by atoms with Gasteiger partial charge in [-0.3, -0.25) is 0 Å². The van der Waals surface area contributed by atoms with Crippen LogP contribution in [0.4, 0.5) is 0 Å². The van der Waals surface area contributed by atoms with Gasteiger partial charge < -0.3 is 22.9 Å². The minimum atomic E-state index is -1.07. The third-order valence-corrected chi connectivity index (χ3v) is 3.21. The highest BCUT2D eigenvalue weighted by atomic mass is 15.0. The van der Waals surface area contributed by atoms with Crippen molar-refractivity contribution in [1.82, 2.24) is 0 Å². The summed E-state index contributed by atoms with van der Waals surface area (Å²) in [5.74, 6) is 0. The monoisotopic (exact) mass is 256 g/mol. The van der Waals surface area contributed by atoms with Crippen LogP contribution in [0.3, 0.4) is 0 Å². The molecule has 0 radical (unpaired) electrons. The Morgan fingerprint density at radius 1 is 0.579 bits per heavy atom. The van der Waals surface area contributed by atoms with Gasteiger partial charge in [0.05, 0.1) is 11.3 Å². The van der Waals surface area contributed by atoms with Gasteiger partial charge in [-0.25, -0.2) is 0 Å². The molecule has 2 aromatic rings. The van der Waals surface area contributed by atoms with Gasteiger partial charge in [-0.1, -0.05) is 60.7 Å². The van der Waals surface area contributed by atoms with Gasteiger partial charge in [-0.05, 0) is 11.1 Å². The second-order valence-electron chi connectivity index (χ2n) is 4.99. The highest BCUT2D eigenvalue weighted by molar-refractivity contribution is 5.27. The summed E-state index contributed by atoms with van der Waals surface area (Å²) in [5.41, 5.74) is 24.2. The second kappa shape index (κ2) is 5.11. The highest BCUT2D eigenvalue weighted by Crippen LogP contribution is 2.25. The number of rotatable bonds is 4. The highest BCUT2D eigenvalue weighted by Gasteiger charge is 2.33. The zero-order valence-corrected chi connectivity index (χ0v) is 10.8. The minimum absolute atomic E-state index is 0.244. The molecule has 2 aromatic carbocycles. The van der Waals surface area contributed by atoms with Crippen LogP contribution in [0.5, 0.6) is 0 Å². The molecule has 0 atom stereocenters. The minimum Gasteiger partial charge on any atom is -0.310 e. The molecule has 4 nitrogen and oxygen atoms in total. The van der Waals surface area contributed by atoms with E-state index in [4.69, 9.17) is 22.9 Å². The van der Waals surface area contributed by atoms with Crippen molar-refractivity contribution in [2.75, 3.05) is 0 Å². The van der Waals surface area contributed by atoms with Crippen LogP contribution in [0.25, 0.3) is 0 Å². The molecule has 19 heavy (non-hydrogen) atoms. The number of hydrogen-bond donors (Lipinski definition) is 4. The van der Waals surface area contributed by atoms with Crippen molar-refractivity contribution in [3.63, 3.8) is 0 Å².